The molecular weight excluding hydrogens is 282 g/mol. The molecule has 0 atom stereocenters. The van der Waals surface area contributed by atoms with Crippen LogP contribution in [0.4, 0.5) is 0 Å². The lowest BCUT2D eigenvalue weighted by molar-refractivity contribution is 0.0918. The third-order valence-electron chi connectivity index (χ3n) is 3.08. The maximum atomic E-state index is 12.3. The van der Waals surface area contributed by atoms with Crippen LogP contribution in [0.5, 0.6) is 17.2 Å². The molecule has 0 aliphatic heterocycles. The number of carbonyl (C=O) groups excluding carboxylic acids is 1. The third-order valence-corrected chi connectivity index (χ3v) is 3.08. The summed E-state index contributed by atoms with van der Waals surface area (Å²) >= 11 is 0. The first-order valence-corrected chi connectivity index (χ1v) is 6.56. The molecule has 0 bridgehead atoms. The molecule has 0 aromatic heterocycles. The Balaban J connectivity index is 2.14. The van der Waals surface area contributed by atoms with Gasteiger partial charge in [-0.05, 0) is 24.3 Å². The lowest BCUT2D eigenvalue weighted by atomic mass is 10.1. The van der Waals surface area contributed by atoms with Crippen LogP contribution in [-0.2, 0) is 0 Å². The summed E-state index contributed by atoms with van der Waals surface area (Å²) < 4.78 is 15.7. The van der Waals surface area contributed by atoms with Crippen molar-refractivity contribution in [2.24, 2.45) is 0 Å². The normalized spacial score (nSPS) is 9.68. The molecule has 112 valence electrons. The minimum atomic E-state index is -0.243. The predicted octanol–water partition coefficient (Wildman–Crippen LogP) is 2.84. The van der Waals surface area contributed by atoms with Gasteiger partial charge in [0.2, 0.25) is 5.78 Å². The lowest BCUT2D eigenvalue weighted by Gasteiger charge is -2.11. The second kappa shape index (κ2) is 7.14. The number of nitriles is 1. The number of ketones is 1. The number of nitrogens with zero attached hydrogens (tertiary/aromatic N) is 1. The largest absolute Gasteiger partial charge is 0.497 e. The average Bonchev–Trinajstić information content (AvgIpc) is 2.59. The van der Waals surface area contributed by atoms with Crippen molar-refractivity contribution < 1.29 is 19.0 Å². The summed E-state index contributed by atoms with van der Waals surface area (Å²) in [5, 5.41) is 8.99. The zero-order valence-electron chi connectivity index (χ0n) is 12.3. The van der Waals surface area contributed by atoms with Crippen LogP contribution in [0.3, 0.4) is 0 Å². The fourth-order valence-electron chi connectivity index (χ4n) is 1.93. The standard InChI is InChI=1S/C17H15NO4/c1-20-13-7-8-14(17(9-13)21-2)15(19)11-22-16-6-4-3-5-12(16)10-18/h3-9H,11H2,1-2H3. The molecule has 0 aliphatic rings. The van der Waals surface area contributed by atoms with Gasteiger partial charge in [0.25, 0.3) is 0 Å². The van der Waals surface area contributed by atoms with Crippen molar-refractivity contribution in [3.8, 4) is 23.3 Å². The molecule has 2 rings (SSSR count). The smallest absolute Gasteiger partial charge is 0.203 e. The molecule has 0 amide bonds. The molecule has 0 saturated heterocycles. The van der Waals surface area contributed by atoms with Gasteiger partial charge in [0.15, 0.2) is 6.61 Å². The van der Waals surface area contributed by atoms with Gasteiger partial charge in [0.05, 0.1) is 25.3 Å². The number of hydrogen-bond acceptors (Lipinski definition) is 5. The molecule has 5 heteroatoms. The Morgan fingerprint density at radius 2 is 1.86 bits per heavy atom. The fourth-order valence-corrected chi connectivity index (χ4v) is 1.93. The first-order valence-electron chi connectivity index (χ1n) is 6.56. The molecule has 0 aliphatic carbocycles. The van der Waals surface area contributed by atoms with Gasteiger partial charge in [-0.1, -0.05) is 12.1 Å². The summed E-state index contributed by atoms with van der Waals surface area (Å²) in [6.45, 7) is -0.179. The van der Waals surface area contributed by atoms with E-state index < -0.39 is 0 Å². The fraction of sp³-hybridized carbons (Fsp3) is 0.176. The molecule has 0 fully saturated rings. The highest BCUT2D eigenvalue weighted by Crippen LogP contribution is 2.25. The molecule has 2 aromatic carbocycles. The van der Waals surface area contributed by atoms with Crippen LogP contribution >= 0.6 is 0 Å². The highest BCUT2D eigenvalue weighted by atomic mass is 16.5. The first kappa shape index (κ1) is 15.4. The van der Waals surface area contributed by atoms with Gasteiger partial charge < -0.3 is 14.2 Å². The van der Waals surface area contributed by atoms with E-state index in [1.54, 1.807) is 42.5 Å². The zero-order chi connectivity index (χ0) is 15.9. The number of carbonyl (C=O) groups is 1. The Morgan fingerprint density at radius 3 is 2.55 bits per heavy atom. The minimum Gasteiger partial charge on any atom is -0.497 e. The van der Waals surface area contributed by atoms with Gasteiger partial charge in [-0.3, -0.25) is 4.79 Å². The summed E-state index contributed by atoms with van der Waals surface area (Å²) in [6, 6.07) is 13.7. The number of benzene rings is 2. The van der Waals surface area contributed by atoms with E-state index >= 15 is 0 Å². The van der Waals surface area contributed by atoms with E-state index in [0.29, 0.717) is 28.4 Å². The van der Waals surface area contributed by atoms with E-state index in [1.165, 1.54) is 14.2 Å². The van der Waals surface area contributed by atoms with Gasteiger partial charge in [0, 0.05) is 6.07 Å². The Kier molecular flexibility index (Phi) is 4.99. The molecule has 0 saturated carbocycles. The zero-order valence-corrected chi connectivity index (χ0v) is 12.3. The van der Waals surface area contributed by atoms with Crippen molar-refractivity contribution in [3.63, 3.8) is 0 Å². The highest BCUT2D eigenvalue weighted by molar-refractivity contribution is 6.00. The van der Waals surface area contributed by atoms with Crippen LogP contribution in [0.15, 0.2) is 42.5 Å². The van der Waals surface area contributed by atoms with Gasteiger partial charge in [-0.25, -0.2) is 0 Å². The van der Waals surface area contributed by atoms with E-state index in [4.69, 9.17) is 19.5 Å². The van der Waals surface area contributed by atoms with Crippen molar-refractivity contribution in [2.45, 2.75) is 0 Å². The maximum absolute atomic E-state index is 12.3. The van der Waals surface area contributed by atoms with Crippen LogP contribution in [0.1, 0.15) is 15.9 Å². The van der Waals surface area contributed by atoms with Crippen LogP contribution in [0, 0.1) is 11.3 Å². The highest BCUT2D eigenvalue weighted by Gasteiger charge is 2.14. The molecule has 0 spiro atoms. The number of ether oxygens (including phenoxy) is 3. The van der Waals surface area contributed by atoms with Crippen LogP contribution < -0.4 is 14.2 Å². The van der Waals surface area contributed by atoms with E-state index in [9.17, 15) is 4.79 Å². The number of methoxy groups -OCH3 is 2. The SMILES string of the molecule is COc1ccc(C(=O)COc2ccccc2C#N)c(OC)c1. The van der Waals surface area contributed by atoms with E-state index in [-0.39, 0.29) is 12.4 Å². The van der Waals surface area contributed by atoms with Gasteiger partial charge in [-0.2, -0.15) is 5.26 Å². The van der Waals surface area contributed by atoms with Gasteiger partial charge in [0.1, 0.15) is 23.3 Å². The van der Waals surface area contributed by atoms with Crippen molar-refractivity contribution in [2.75, 3.05) is 20.8 Å². The summed E-state index contributed by atoms with van der Waals surface area (Å²) in [7, 11) is 3.02. The number of para-hydroxylation sites is 1. The quantitative estimate of drug-likeness (QED) is 0.767. The van der Waals surface area contributed by atoms with Gasteiger partial charge in [-0.15, -0.1) is 0 Å². The Labute approximate surface area is 128 Å². The summed E-state index contributed by atoms with van der Waals surface area (Å²) in [5.74, 6) is 1.16. The Hall–Kier alpha value is -3.00. The number of hydrogen-bond donors (Lipinski definition) is 0. The number of rotatable bonds is 6. The Bertz CT molecular complexity index is 719. The molecule has 2 aromatic rings. The summed E-state index contributed by atoms with van der Waals surface area (Å²) in [6.07, 6.45) is 0. The van der Waals surface area contributed by atoms with Gasteiger partial charge >= 0.3 is 0 Å². The monoisotopic (exact) mass is 297 g/mol. The van der Waals surface area contributed by atoms with Crippen molar-refractivity contribution >= 4 is 5.78 Å². The molecular formula is C17H15NO4. The predicted molar refractivity (Wildman–Crippen MR) is 80.5 cm³/mol. The molecule has 0 N–H and O–H groups in total. The molecule has 0 radical (unpaired) electrons. The van der Waals surface area contributed by atoms with Crippen molar-refractivity contribution in [1.82, 2.24) is 0 Å². The first-order chi connectivity index (χ1) is 10.7. The average molecular weight is 297 g/mol. The Morgan fingerprint density at radius 1 is 1.09 bits per heavy atom. The molecule has 0 heterocycles. The summed E-state index contributed by atoms with van der Waals surface area (Å²) in [5.41, 5.74) is 0.787. The number of Topliss-reactive ketones (excluding diaryl/α,β-unsaturated/α-hetero) is 1. The summed E-state index contributed by atoms with van der Waals surface area (Å²) in [4.78, 5) is 12.3. The van der Waals surface area contributed by atoms with Crippen molar-refractivity contribution in [1.29, 1.82) is 5.26 Å². The van der Waals surface area contributed by atoms with E-state index in [0.717, 1.165) is 0 Å². The maximum Gasteiger partial charge on any atom is 0.203 e. The second-order valence-electron chi connectivity index (χ2n) is 4.39. The molecule has 5 nitrogen and oxygen atoms in total. The lowest BCUT2D eigenvalue weighted by Crippen LogP contribution is -2.13. The van der Waals surface area contributed by atoms with Crippen LogP contribution in [0.25, 0.3) is 0 Å². The topological polar surface area (TPSA) is 68.5 Å². The molecule has 0 unspecified atom stereocenters. The third kappa shape index (κ3) is 3.36. The van der Waals surface area contributed by atoms with Crippen LogP contribution in [-0.4, -0.2) is 26.6 Å². The molecule has 22 heavy (non-hydrogen) atoms. The van der Waals surface area contributed by atoms with E-state index in [1.807, 2.05) is 6.07 Å². The van der Waals surface area contributed by atoms with Crippen molar-refractivity contribution in [3.05, 3.63) is 53.6 Å². The second-order valence-corrected chi connectivity index (χ2v) is 4.39. The van der Waals surface area contributed by atoms with E-state index in [2.05, 4.69) is 0 Å². The minimum absolute atomic E-state index is 0.179. The van der Waals surface area contributed by atoms with Crippen LogP contribution in [0.2, 0.25) is 0 Å².